The molecule has 23 heavy (non-hydrogen) atoms. The van der Waals surface area contributed by atoms with Crippen molar-refractivity contribution in [2.24, 2.45) is 10.4 Å². The fourth-order valence-corrected chi connectivity index (χ4v) is 3.04. The number of nitrogens with one attached hydrogen (secondary N) is 2. The van der Waals surface area contributed by atoms with E-state index in [1.165, 1.54) is 0 Å². The van der Waals surface area contributed by atoms with Crippen molar-refractivity contribution in [1.82, 2.24) is 15.6 Å². The van der Waals surface area contributed by atoms with Gasteiger partial charge in [-0.05, 0) is 32.4 Å². The zero-order valence-electron chi connectivity index (χ0n) is 15.0. The van der Waals surface area contributed by atoms with Gasteiger partial charge < -0.3 is 15.4 Å². The highest BCUT2D eigenvalue weighted by molar-refractivity contribution is 5.80. The largest absolute Gasteiger partial charge is 0.378 e. The standard InChI is InChI=1S/C18H30N4O/c1-6-19-16(21-12-10-14-9-7-8-11-20-14)22-15-13-18(4,23-5)17(15,2)3/h7-9,11,15H,6,10,12-13H2,1-5H3,(H2,19,21,22). The van der Waals surface area contributed by atoms with Crippen molar-refractivity contribution in [2.45, 2.75) is 52.2 Å². The summed E-state index contributed by atoms with van der Waals surface area (Å²) < 4.78 is 5.69. The van der Waals surface area contributed by atoms with E-state index >= 15 is 0 Å². The maximum Gasteiger partial charge on any atom is 0.191 e. The molecule has 5 heteroatoms. The van der Waals surface area contributed by atoms with Crippen LogP contribution in [0.25, 0.3) is 0 Å². The lowest BCUT2D eigenvalue weighted by atomic mass is 9.56. The molecular weight excluding hydrogens is 288 g/mol. The van der Waals surface area contributed by atoms with Crippen LogP contribution in [0.3, 0.4) is 0 Å². The molecule has 2 unspecified atom stereocenters. The molecule has 0 amide bonds. The summed E-state index contributed by atoms with van der Waals surface area (Å²) >= 11 is 0. The number of ether oxygens (including phenoxy) is 1. The Morgan fingerprint density at radius 1 is 1.39 bits per heavy atom. The highest BCUT2D eigenvalue weighted by Gasteiger charge is 2.58. The molecule has 5 nitrogen and oxygen atoms in total. The molecule has 128 valence electrons. The van der Waals surface area contributed by atoms with Gasteiger partial charge in [-0.1, -0.05) is 19.9 Å². The molecule has 0 spiro atoms. The molecule has 1 aliphatic rings. The summed E-state index contributed by atoms with van der Waals surface area (Å²) in [7, 11) is 1.80. The molecule has 0 radical (unpaired) electrons. The van der Waals surface area contributed by atoms with E-state index in [4.69, 9.17) is 4.74 Å². The van der Waals surface area contributed by atoms with E-state index in [2.05, 4.69) is 48.3 Å². The van der Waals surface area contributed by atoms with Crippen molar-refractivity contribution in [2.75, 3.05) is 20.2 Å². The Labute approximate surface area is 139 Å². The molecule has 0 bridgehead atoms. The van der Waals surface area contributed by atoms with Gasteiger partial charge in [0.25, 0.3) is 0 Å². The van der Waals surface area contributed by atoms with Gasteiger partial charge in [0.15, 0.2) is 5.96 Å². The van der Waals surface area contributed by atoms with Crippen LogP contribution < -0.4 is 10.6 Å². The zero-order chi connectivity index (χ0) is 16.9. The second kappa shape index (κ2) is 7.30. The van der Waals surface area contributed by atoms with E-state index in [1.54, 1.807) is 7.11 Å². The monoisotopic (exact) mass is 318 g/mol. The molecule has 0 aliphatic heterocycles. The smallest absolute Gasteiger partial charge is 0.191 e. The van der Waals surface area contributed by atoms with E-state index in [1.807, 2.05) is 24.4 Å². The van der Waals surface area contributed by atoms with Crippen LogP contribution in [0.1, 0.15) is 39.8 Å². The molecule has 2 atom stereocenters. The van der Waals surface area contributed by atoms with Crippen LogP contribution in [0.2, 0.25) is 0 Å². The van der Waals surface area contributed by atoms with Crippen LogP contribution >= 0.6 is 0 Å². The lowest BCUT2D eigenvalue weighted by Gasteiger charge is -2.59. The number of hydrogen-bond acceptors (Lipinski definition) is 3. The molecule has 1 fully saturated rings. The van der Waals surface area contributed by atoms with Crippen LogP contribution in [-0.4, -0.2) is 42.8 Å². The molecule has 1 aromatic heterocycles. The summed E-state index contributed by atoms with van der Waals surface area (Å²) in [4.78, 5) is 9.02. The first-order chi connectivity index (χ1) is 10.9. The Hall–Kier alpha value is -1.62. The van der Waals surface area contributed by atoms with Crippen LogP contribution in [0, 0.1) is 5.41 Å². The fourth-order valence-electron chi connectivity index (χ4n) is 3.04. The summed E-state index contributed by atoms with van der Waals surface area (Å²) in [6.07, 6.45) is 3.66. The molecule has 1 aliphatic carbocycles. The van der Waals surface area contributed by atoms with Crippen molar-refractivity contribution in [3.63, 3.8) is 0 Å². The lowest BCUT2D eigenvalue weighted by molar-refractivity contribution is -0.176. The van der Waals surface area contributed by atoms with Crippen LogP contribution in [0.15, 0.2) is 29.4 Å². The molecule has 1 heterocycles. The van der Waals surface area contributed by atoms with Gasteiger partial charge in [0.1, 0.15) is 0 Å². The van der Waals surface area contributed by atoms with Crippen molar-refractivity contribution < 1.29 is 4.74 Å². The Morgan fingerprint density at radius 3 is 2.74 bits per heavy atom. The van der Waals surface area contributed by atoms with Crippen molar-refractivity contribution >= 4 is 5.96 Å². The Morgan fingerprint density at radius 2 is 2.17 bits per heavy atom. The first-order valence-corrected chi connectivity index (χ1v) is 8.43. The number of guanidine groups is 1. The van der Waals surface area contributed by atoms with E-state index in [0.717, 1.165) is 37.6 Å². The van der Waals surface area contributed by atoms with Gasteiger partial charge in [0.05, 0.1) is 5.60 Å². The number of hydrogen-bond donors (Lipinski definition) is 2. The lowest BCUT2D eigenvalue weighted by Crippen LogP contribution is -2.69. The number of rotatable bonds is 6. The van der Waals surface area contributed by atoms with Crippen LogP contribution in [-0.2, 0) is 11.2 Å². The third-order valence-electron chi connectivity index (χ3n) is 5.30. The van der Waals surface area contributed by atoms with E-state index < -0.39 is 0 Å². The molecular formula is C18H30N4O. The Balaban J connectivity index is 1.93. The fraction of sp³-hybridized carbons (Fsp3) is 0.667. The molecule has 1 aromatic rings. The van der Waals surface area contributed by atoms with E-state index in [0.29, 0.717) is 6.04 Å². The summed E-state index contributed by atoms with van der Waals surface area (Å²) in [5, 5.41) is 6.89. The van der Waals surface area contributed by atoms with Gasteiger partial charge in [-0.25, -0.2) is 0 Å². The highest BCUT2D eigenvalue weighted by atomic mass is 16.5. The average Bonchev–Trinajstić information content (AvgIpc) is 2.55. The van der Waals surface area contributed by atoms with Gasteiger partial charge >= 0.3 is 0 Å². The van der Waals surface area contributed by atoms with Gasteiger partial charge in [0.2, 0.25) is 0 Å². The first-order valence-electron chi connectivity index (χ1n) is 8.43. The molecule has 0 saturated heterocycles. The maximum absolute atomic E-state index is 5.69. The van der Waals surface area contributed by atoms with Crippen molar-refractivity contribution in [3.05, 3.63) is 30.1 Å². The summed E-state index contributed by atoms with van der Waals surface area (Å²) in [5.41, 5.74) is 1.07. The summed E-state index contributed by atoms with van der Waals surface area (Å²) in [6, 6.07) is 6.34. The average molecular weight is 318 g/mol. The third-order valence-corrected chi connectivity index (χ3v) is 5.30. The first kappa shape index (κ1) is 17.7. The number of aromatic nitrogens is 1. The quantitative estimate of drug-likeness (QED) is 0.624. The second-order valence-corrected chi connectivity index (χ2v) is 6.89. The predicted molar refractivity (Wildman–Crippen MR) is 94.7 cm³/mol. The predicted octanol–water partition coefficient (Wildman–Crippen LogP) is 2.38. The number of aliphatic imine (C=N–C) groups is 1. The van der Waals surface area contributed by atoms with Gasteiger partial charge in [0, 0.05) is 50.0 Å². The van der Waals surface area contributed by atoms with E-state index in [9.17, 15) is 0 Å². The Kier molecular flexibility index (Phi) is 5.63. The SMILES string of the molecule is CCNC(=NCCc1ccccn1)NC1CC(C)(OC)C1(C)C. The minimum absolute atomic E-state index is 0.0684. The third kappa shape index (κ3) is 3.83. The number of nitrogens with zero attached hydrogens (tertiary/aromatic N) is 2. The van der Waals surface area contributed by atoms with Crippen LogP contribution in [0.4, 0.5) is 0 Å². The highest BCUT2D eigenvalue weighted by Crippen LogP contribution is 2.51. The molecule has 0 aromatic carbocycles. The minimum atomic E-state index is -0.0735. The Bertz CT molecular complexity index is 529. The topological polar surface area (TPSA) is 58.5 Å². The van der Waals surface area contributed by atoms with Crippen LogP contribution in [0.5, 0.6) is 0 Å². The molecule has 2 rings (SSSR count). The zero-order valence-corrected chi connectivity index (χ0v) is 15.0. The van der Waals surface area contributed by atoms with Gasteiger partial charge in [-0.2, -0.15) is 0 Å². The number of methoxy groups -OCH3 is 1. The summed E-state index contributed by atoms with van der Waals surface area (Å²) in [5.74, 6) is 0.875. The summed E-state index contributed by atoms with van der Waals surface area (Å²) in [6.45, 7) is 10.3. The normalized spacial score (nSPS) is 26.5. The molecule has 2 N–H and O–H groups in total. The van der Waals surface area contributed by atoms with Gasteiger partial charge in [-0.3, -0.25) is 9.98 Å². The maximum atomic E-state index is 5.69. The van der Waals surface area contributed by atoms with Crippen molar-refractivity contribution in [1.29, 1.82) is 0 Å². The minimum Gasteiger partial charge on any atom is -0.378 e. The van der Waals surface area contributed by atoms with Gasteiger partial charge in [-0.15, -0.1) is 0 Å². The van der Waals surface area contributed by atoms with E-state index in [-0.39, 0.29) is 11.0 Å². The van der Waals surface area contributed by atoms with Crippen molar-refractivity contribution in [3.8, 4) is 0 Å². The second-order valence-electron chi connectivity index (χ2n) is 6.89. The molecule has 1 saturated carbocycles. The number of pyridine rings is 1.